The van der Waals surface area contributed by atoms with Gasteiger partial charge in [0.25, 0.3) is 10.2 Å². The van der Waals surface area contributed by atoms with Gasteiger partial charge in [0, 0.05) is 22.6 Å². The molecule has 0 aromatic carbocycles. The topological polar surface area (TPSA) is 131 Å². The molecule has 136 valence electrons. The molecule has 2 rings (SSSR count). The highest BCUT2D eigenvalue weighted by Gasteiger charge is 2.13. The van der Waals surface area contributed by atoms with Gasteiger partial charge in [0.05, 0.1) is 27.8 Å². The van der Waals surface area contributed by atoms with Crippen LogP contribution < -0.4 is 0 Å². The van der Waals surface area contributed by atoms with Crippen LogP contribution in [0.15, 0.2) is 0 Å². The summed E-state index contributed by atoms with van der Waals surface area (Å²) in [6.45, 7) is 3.72. The van der Waals surface area contributed by atoms with Crippen molar-refractivity contribution in [1.29, 1.82) is 0 Å². The zero-order chi connectivity index (χ0) is 18.4. The van der Waals surface area contributed by atoms with Crippen LogP contribution in [0.2, 0.25) is 0 Å². The lowest BCUT2D eigenvalue weighted by atomic mass is 10.3. The molecule has 2 heterocycles. The monoisotopic (exact) mass is 388 g/mol. The lowest BCUT2D eigenvalue weighted by Gasteiger charge is -1.96. The molecule has 12 heteroatoms. The summed E-state index contributed by atoms with van der Waals surface area (Å²) in [5, 5.41) is 20.5. The Bertz CT molecular complexity index is 698. The molecule has 10 nitrogen and oxygen atoms in total. The van der Waals surface area contributed by atoms with Crippen LogP contribution in [0.25, 0.3) is 0 Å². The molecule has 0 bridgehead atoms. The number of hydrogen-bond donors (Lipinski definition) is 0. The molecule has 25 heavy (non-hydrogen) atoms. The number of aromatic nitrogens is 2. The van der Waals surface area contributed by atoms with Gasteiger partial charge < -0.3 is 9.68 Å². The molecule has 2 aromatic heterocycles. The first-order valence-electron chi connectivity index (χ1n) is 7.30. The number of aryl methyl sites for hydroxylation is 2. The maximum absolute atomic E-state index is 10.2. The fraction of sp³-hybridized carbons (Fsp3) is 0.538. The molecule has 0 saturated carbocycles. The molecule has 0 fully saturated rings. The van der Waals surface area contributed by atoms with Gasteiger partial charge in [-0.25, -0.2) is 9.97 Å². The number of nitrogens with zero attached hydrogens (tertiary/aromatic N) is 4. The van der Waals surface area contributed by atoms with Crippen LogP contribution in [0.4, 0.5) is 0 Å². The number of rotatable bonds is 10. The summed E-state index contributed by atoms with van der Waals surface area (Å²) in [6, 6.07) is 0. The van der Waals surface area contributed by atoms with Crippen LogP contribution >= 0.6 is 22.7 Å². The van der Waals surface area contributed by atoms with Crippen molar-refractivity contribution in [2.75, 3.05) is 13.2 Å². The predicted octanol–water partition coefficient (Wildman–Crippen LogP) is 2.31. The summed E-state index contributed by atoms with van der Waals surface area (Å²) in [5.74, 6) is 0. The summed E-state index contributed by atoms with van der Waals surface area (Å²) in [5.41, 5.74) is 1.67. The maximum Gasteiger partial charge on any atom is 0.294 e. The molecule has 0 N–H and O–H groups in total. The van der Waals surface area contributed by atoms with Gasteiger partial charge in [-0.1, -0.05) is 0 Å². The number of thiazole rings is 2. The Hall–Kier alpha value is -2.34. The van der Waals surface area contributed by atoms with Crippen molar-refractivity contribution < 1.29 is 19.8 Å². The third-order valence-corrected chi connectivity index (χ3v) is 5.66. The highest BCUT2D eigenvalue weighted by Crippen LogP contribution is 2.25. The first kappa shape index (κ1) is 19.0. The van der Waals surface area contributed by atoms with Crippen molar-refractivity contribution in [1.82, 2.24) is 9.97 Å². The van der Waals surface area contributed by atoms with E-state index < -0.39 is 10.2 Å². The second kappa shape index (κ2) is 8.67. The highest BCUT2D eigenvalue weighted by molar-refractivity contribution is 7.13. The molecule has 0 aliphatic heterocycles. The van der Waals surface area contributed by atoms with E-state index in [9.17, 15) is 20.2 Å². The molecular formula is C13H16N4O6S2. The summed E-state index contributed by atoms with van der Waals surface area (Å²) >= 11 is 2.96. The van der Waals surface area contributed by atoms with E-state index in [0.717, 1.165) is 31.2 Å². The van der Waals surface area contributed by atoms with Crippen LogP contribution in [0.5, 0.6) is 0 Å². The normalized spacial score (nSPS) is 10.6. The molecule has 0 aliphatic carbocycles. The lowest BCUT2D eigenvalue weighted by Crippen LogP contribution is -2.04. The summed E-state index contributed by atoms with van der Waals surface area (Å²) in [6.07, 6.45) is 1.43. The van der Waals surface area contributed by atoms with Gasteiger partial charge in [-0.3, -0.25) is 0 Å². The summed E-state index contributed by atoms with van der Waals surface area (Å²) in [4.78, 5) is 39.9. The van der Waals surface area contributed by atoms with E-state index >= 15 is 0 Å². The molecule has 0 radical (unpaired) electrons. The van der Waals surface area contributed by atoms with Gasteiger partial charge in [-0.05, 0) is 13.8 Å². The van der Waals surface area contributed by atoms with Gasteiger partial charge in [0.1, 0.15) is 13.2 Å². The van der Waals surface area contributed by atoms with E-state index in [1.54, 1.807) is 0 Å². The molecule has 0 unspecified atom stereocenters. The minimum atomic E-state index is -0.806. The Labute approximate surface area is 150 Å². The molecule has 0 atom stereocenters. The van der Waals surface area contributed by atoms with Gasteiger partial charge in [-0.15, -0.1) is 42.9 Å². The Morgan fingerprint density at radius 2 is 1.28 bits per heavy atom. The Kier molecular flexibility index (Phi) is 6.58. The molecular weight excluding hydrogens is 372 g/mol. The van der Waals surface area contributed by atoms with Crippen molar-refractivity contribution in [3.05, 3.63) is 51.4 Å². The Morgan fingerprint density at radius 1 is 0.880 bits per heavy atom. The average molecular weight is 388 g/mol. The van der Waals surface area contributed by atoms with Crippen molar-refractivity contribution in [3.63, 3.8) is 0 Å². The minimum Gasteiger partial charge on any atom is -0.314 e. The Morgan fingerprint density at radius 3 is 1.64 bits per heavy atom. The van der Waals surface area contributed by atoms with Gasteiger partial charge in [-0.2, -0.15) is 0 Å². The third kappa shape index (κ3) is 5.90. The van der Waals surface area contributed by atoms with Crippen LogP contribution in [0.1, 0.15) is 31.2 Å². The molecule has 0 amide bonds. The van der Waals surface area contributed by atoms with Gasteiger partial charge in [0.15, 0.2) is 0 Å². The van der Waals surface area contributed by atoms with Crippen LogP contribution in [-0.2, 0) is 28.9 Å². The first-order chi connectivity index (χ1) is 11.8. The van der Waals surface area contributed by atoms with Gasteiger partial charge in [0.2, 0.25) is 0 Å². The quantitative estimate of drug-likeness (QED) is 0.447. The Balaban J connectivity index is 1.95. The summed E-state index contributed by atoms with van der Waals surface area (Å²) in [7, 11) is 0. The van der Waals surface area contributed by atoms with Crippen molar-refractivity contribution in [2.24, 2.45) is 0 Å². The van der Waals surface area contributed by atoms with Crippen LogP contribution in [0, 0.1) is 34.1 Å². The average Bonchev–Trinajstić information content (AvgIpc) is 3.02. The molecule has 0 aliphatic rings. The standard InChI is InChI=1S/C13H16N4O6S2/c1-8-10(3-5-22-16(18)19)24-12(14-8)7-13-15-9(2)11(25-13)4-6-23-17(20)21/h3-7H2,1-2H3. The van der Waals surface area contributed by atoms with E-state index in [2.05, 4.69) is 19.6 Å². The van der Waals surface area contributed by atoms with Crippen LogP contribution in [-0.4, -0.2) is 33.4 Å². The lowest BCUT2D eigenvalue weighted by molar-refractivity contribution is -0.757. The third-order valence-electron chi connectivity index (χ3n) is 3.23. The molecule has 0 saturated heterocycles. The van der Waals surface area contributed by atoms with Gasteiger partial charge >= 0.3 is 0 Å². The second-order valence-corrected chi connectivity index (χ2v) is 7.36. The summed E-state index contributed by atoms with van der Waals surface area (Å²) < 4.78 is 0. The van der Waals surface area contributed by atoms with E-state index in [4.69, 9.17) is 0 Å². The van der Waals surface area contributed by atoms with Crippen molar-refractivity contribution in [3.8, 4) is 0 Å². The van der Waals surface area contributed by atoms with Crippen LogP contribution in [0.3, 0.4) is 0 Å². The zero-order valence-corrected chi connectivity index (χ0v) is 15.2. The fourth-order valence-corrected chi connectivity index (χ4v) is 4.35. The van der Waals surface area contributed by atoms with E-state index in [-0.39, 0.29) is 13.2 Å². The molecule has 2 aromatic rings. The fourth-order valence-electron chi connectivity index (χ4n) is 2.15. The smallest absolute Gasteiger partial charge is 0.294 e. The van der Waals surface area contributed by atoms with Crippen molar-refractivity contribution >= 4 is 22.7 Å². The van der Waals surface area contributed by atoms with E-state index in [0.29, 0.717) is 19.3 Å². The second-order valence-electron chi connectivity index (χ2n) is 5.02. The molecule has 0 spiro atoms. The largest absolute Gasteiger partial charge is 0.314 e. The SMILES string of the molecule is Cc1nc(Cc2nc(C)c(CCO[N+](=O)[O-])s2)sc1CCO[N+](=O)[O-]. The first-order valence-corrected chi connectivity index (χ1v) is 8.93. The van der Waals surface area contributed by atoms with E-state index in [1.165, 1.54) is 22.7 Å². The highest BCUT2D eigenvalue weighted by atomic mass is 32.1. The minimum absolute atomic E-state index is 0.00638. The predicted molar refractivity (Wildman–Crippen MR) is 89.8 cm³/mol. The van der Waals surface area contributed by atoms with Crippen molar-refractivity contribution in [2.45, 2.75) is 33.1 Å². The maximum atomic E-state index is 10.2. The zero-order valence-electron chi connectivity index (χ0n) is 13.6. The van der Waals surface area contributed by atoms with E-state index in [1.807, 2.05) is 13.8 Å². The number of hydrogen-bond acceptors (Lipinski definition) is 10.